The summed E-state index contributed by atoms with van der Waals surface area (Å²) < 4.78 is 26.0. The smallest absolute Gasteiger partial charge is 0.251 e. The second kappa shape index (κ2) is 9.51. The number of nitrogens with one attached hydrogen (secondary N) is 2. The molecule has 0 aliphatic rings. The summed E-state index contributed by atoms with van der Waals surface area (Å²) in [6.45, 7) is 4.60. The Balaban J connectivity index is 0.00000400. The summed E-state index contributed by atoms with van der Waals surface area (Å²) in [7, 11) is -3.56. The van der Waals surface area contributed by atoms with Crippen LogP contribution in [0.2, 0.25) is 0 Å². The second-order valence-corrected chi connectivity index (χ2v) is 5.83. The fourth-order valence-electron chi connectivity index (χ4n) is 1.44. The molecule has 0 atom stereocenters. The monoisotopic (exact) mass is 333 g/mol. The molecule has 1 amide bonds. The molecule has 0 bridgehead atoms. The topological polar surface area (TPSA) is 101 Å². The molecule has 0 heterocycles. The fourth-order valence-corrected chi connectivity index (χ4v) is 2.44. The molecule has 0 saturated heterocycles. The number of nitrogens with two attached hydrogens (primary N) is 1. The summed E-state index contributed by atoms with van der Waals surface area (Å²) in [4.78, 5) is 11.8. The van der Waals surface area contributed by atoms with Gasteiger partial charge >= 0.3 is 0 Å². The maximum atomic E-state index is 11.8. The van der Waals surface area contributed by atoms with Gasteiger partial charge in [0.15, 0.2) is 0 Å². The van der Waals surface area contributed by atoms with E-state index in [9.17, 15) is 13.2 Å². The average molecular weight is 334 g/mol. The zero-order chi connectivity index (χ0) is 15.0. The number of benzene rings is 1. The first kappa shape index (κ1) is 19.6. The lowest BCUT2D eigenvalue weighted by atomic mass is 10.2. The first-order chi connectivity index (χ1) is 9.51. The number of hydrogen-bond donors (Lipinski definition) is 3. The Kier molecular flexibility index (Phi) is 8.87. The second-order valence-electron chi connectivity index (χ2n) is 4.06. The molecule has 0 aliphatic heterocycles. The van der Waals surface area contributed by atoms with Gasteiger partial charge < -0.3 is 11.1 Å². The van der Waals surface area contributed by atoms with E-state index >= 15 is 0 Å². The van der Waals surface area contributed by atoms with Gasteiger partial charge in [-0.2, -0.15) is 0 Å². The summed E-state index contributed by atoms with van der Waals surface area (Å²) in [5.41, 5.74) is 5.74. The van der Waals surface area contributed by atoms with Crippen molar-refractivity contribution >= 4 is 28.3 Å². The molecular formula is C13H20ClN3O3S. The number of rotatable bonds is 8. The van der Waals surface area contributed by atoms with Crippen LogP contribution in [0.1, 0.15) is 16.8 Å². The Hall–Kier alpha value is -1.41. The number of sulfonamides is 1. The lowest BCUT2D eigenvalue weighted by molar-refractivity contribution is 0.0953. The molecule has 0 saturated carbocycles. The van der Waals surface area contributed by atoms with E-state index < -0.39 is 10.0 Å². The van der Waals surface area contributed by atoms with Crippen molar-refractivity contribution < 1.29 is 13.2 Å². The van der Waals surface area contributed by atoms with Gasteiger partial charge in [-0.1, -0.05) is 6.08 Å². The lowest BCUT2D eigenvalue weighted by Crippen LogP contribution is -2.26. The number of amides is 1. The fraction of sp³-hybridized carbons (Fsp3) is 0.308. The standard InChI is InChI=1S/C13H19N3O3S.ClH/c1-2-9-16-20(18,19)12-6-4-11(5-7-12)13(17)15-10-3-8-14;/h2,4-7,16H,1,3,8-10,14H2,(H,15,17);1H. The zero-order valence-electron chi connectivity index (χ0n) is 11.5. The minimum atomic E-state index is -3.56. The van der Waals surface area contributed by atoms with Crippen LogP contribution in [-0.2, 0) is 10.0 Å². The largest absolute Gasteiger partial charge is 0.352 e. The Morgan fingerprint density at radius 1 is 1.29 bits per heavy atom. The molecule has 6 nitrogen and oxygen atoms in total. The predicted octanol–water partition coefficient (Wildman–Crippen LogP) is 0.651. The van der Waals surface area contributed by atoms with Crippen LogP contribution in [-0.4, -0.2) is 34.0 Å². The van der Waals surface area contributed by atoms with Gasteiger partial charge in [0.1, 0.15) is 0 Å². The Morgan fingerprint density at radius 3 is 2.43 bits per heavy atom. The summed E-state index contributed by atoms with van der Waals surface area (Å²) in [6, 6.07) is 5.73. The van der Waals surface area contributed by atoms with Crippen molar-refractivity contribution in [3.05, 3.63) is 42.5 Å². The SMILES string of the molecule is C=CCNS(=O)(=O)c1ccc(C(=O)NCCCN)cc1.Cl. The van der Waals surface area contributed by atoms with Crippen LogP contribution in [0.5, 0.6) is 0 Å². The van der Waals surface area contributed by atoms with E-state index in [0.29, 0.717) is 25.1 Å². The van der Waals surface area contributed by atoms with Crippen molar-refractivity contribution in [1.29, 1.82) is 0 Å². The van der Waals surface area contributed by atoms with Gasteiger partial charge in [0.05, 0.1) is 4.90 Å². The van der Waals surface area contributed by atoms with Gasteiger partial charge in [0, 0.05) is 18.7 Å². The molecule has 0 aliphatic carbocycles. The molecule has 0 fully saturated rings. The molecular weight excluding hydrogens is 314 g/mol. The molecule has 1 rings (SSSR count). The van der Waals surface area contributed by atoms with E-state index in [2.05, 4.69) is 16.6 Å². The maximum absolute atomic E-state index is 11.8. The van der Waals surface area contributed by atoms with Crippen LogP contribution in [0, 0.1) is 0 Å². The number of carbonyl (C=O) groups is 1. The molecule has 0 unspecified atom stereocenters. The van der Waals surface area contributed by atoms with Crippen molar-refractivity contribution in [2.75, 3.05) is 19.6 Å². The van der Waals surface area contributed by atoms with Gasteiger partial charge in [-0.3, -0.25) is 4.79 Å². The number of halogens is 1. The van der Waals surface area contributed by atoms with E-state index in [1.165, 1.54) is 30.3 Å². The van der Waals surface area contributed by atoms with E-state index in [-0.39, 0.29) is 29.8 Å². The minimum absolute atomic E-state index is 0. The van der Waals surface area contributed by atoms with Gasteiger partial charge in [-0.05, 0) is 37.2 Å². The van der Waals surface area contributed by atoms with Crippen LogP contribution < -0.4 is 15.8 Å². The summed E-state index contributed by atoms with van der Waals surface area (Å²) >= 11 is 0. The molecule has 0 aromatic heterocycles. The van der Waals surface area contributed by atoms with Crippen molar-refractivity contribution in [1.82, 2.24) is 10.0 Å². The Morgan fingerprint density at radius 2 is 1.90 bits per heavy atom. The van der Waals surface area contributed by atoms with Gasteiger partial charge in [-0.15, -0.1) is 19.0 Å². The molecule has 8 heteroatoms. The highest BCUT2D eigenvalue weighted by Crippen LogP contribution is 2.10. The molecule has 0 radical (unpaired) electrons. The van der Waals surface area contributed by atoms with Crippen LogP contribution >= 0.6 is 12.4 Å². The average Bonchev–Trinajstić information content (AvgIpc) is 2.45. The molecule has 1 aromatic rings. The third-order valence-electron chi connectivity index (χ3n) is 2.51. The first-order valence-electron chi connectivity index (χ1n) is 6.20. The lowest BCUT2D eigenvalue weighted by Gasteiger charge is -2.07. The number of carbonyl (C=O) groups excluding carboxylic acids is 1. The highest BCUT2D eigenvalue weighted by atomic mass is 35.5. The van der Waals surface area contributed by atoms with Gasteiger partial charge in [-0.25, -0.2) is 13.1 Å². The zero-order valence-corrected chi connectivity index (χ0v) is 13.2. The Labute approximate surface area is 131 Å². The molecule has 4 N–H and O–H groups in total. The van der Waals surface area contributed by atoms with Crippen LogP contribution in [0.4, 0.5) is 0 Å². The molecule has 21 heavy (non-hydrogen) atoms. The van der Waals surface area contributed by atoms with E-state index in [1.807, 2.05) is 0 Å². The normalized spacial score (nSPS) is 10.5. The summed E-state index contributed by atoms with van der Waals surface area (Å²) in [5, 5.41) is 2.70. The molecule has 1 aromatic carbocycles. The quantitative estimate of drug-likeness (QED) is 0.480. The van der Waals surface area contributed by atoms with E-state index in [4.69, 9.17) is 5.73 Å². The first-order valence-corrected chi connectivity index (χ1v) is 7.68. The molecule has 118 valence electrons. The minimum Gasteiger partial charge on any atom is -0.352 e. The Bertz CT molecular complexity index is 559. The third kappa shape index (κ3) is 6.26. The van der Waals surface area contributed by atoms with Crippen LogP contribution in [0.25, 0.3) is 0 Å². The highest BCUT2D eigenvalue weighted by Gasteiger charge is 2.13. The summed E-state index contributed by atoms with van der Waals surface area (Å²) in [6.07, 6.45) is 2.15. The highest BCUT2D eigenvalue weighted by molar-refractivity contribution is 7.89. The predicted molar refractivity (Wildman–Crippen MR) is 85.1 cm³/mol. The van der Waals surface area contributed by atoms with Crippen molar-refractivity contribution in [2.24, 2.45) is 5.73 Å². The number of hydrogen-bond acceptors (Lipinski definition) is 4. The van der Waals surface area contributed by atoms with Crippen molar-refractivity contribution in [2.45, 2.75) is 11.3 Å². The maximum Gasteiger partial charge on any atom is 0.251 e. The van der Waals surface area contributed by atoms with Crippen LogP contribution in [0.3, 0.4) is 0 Å². The molecule has 0 spiro atoms. The van der Waals surface area contributed by atoms with Crippen molar-refractivity contribution in [3.63, 3.8) is 0 Å². The van der Waals surface area contributed by atoms with Gasteiger partial charge in [0.2, 0.25) is 10.0 Å². The van der Waals surface area contributed by atoms with Crippen molar-refractivity contribution in [3.8, 4) is 0 Å². The third-order valence-corrected chi connectivity index (χ3v) is 3.95. The van der Waals surface area contributed by atoms with Gasteiger partial charge in [0.25, 0.3) is 5.91 Å². The summed E-state index contributed by atoms with van der Waals surface area (Å²) in [5.74, 6) is -0.249. The van der Waals surface area contributed by atoms with Crippen LogP contribution in [0.15, 0.2) is 41.8 Å². The van der Waals surface area contributed by atoms with E-state index in [1.54, 1.807) is 0 Å². The van der Waals surface area contributed by atoms with E-state index in [0.717, 1.165) is 0 Å².